The summed E-state index contributed by atoms with van der Waals surface area (Å²) in [6, 6.07) is 12.8. The van der Waals surface area contributed by atoms with E-state index in [-0.39, 0.29) is 17.3 Å². The first-order valence-electron chi connectivity index (χ1n) is 9.51. The van der Waals surface area contributed by atoms with Crippen molar-refractivity contribution in [2.75, 3.05) is 25.0 Å². The zero-order valence-electron chi connectivity index (χ0n) is 16.3. The number of carbonyl (C=O) groups is 2. The van der Waals surface area contributed by atoms with E-state index in [0.717, 1.165) is 19.3 Å². The highest BCUT2D eigenvalue weighted by molar-refractivity contribution is 7.89. The lowest BCUT2D eigenvalue weighted by molar-refractivity contribution is -0.118. The van der Waals surface area contributed by atoms with E-state index in [4.69, 9.17) is 4.74 Å². The Labute approximate surface area is 170 Å². The zero-order valence-corrected chi connectivity index (χ0v) is 17.1. The van der Waals surface area contributed by atoms with Crippen LogP contribution in [0.3, 0.4) is 0 Å². The fraction of sp³-hybridized carbons (Fsp3) is 0.333. The maximum absolute atomic E-state index is 12.7. The smallest absolute Gasteiger partial charge is 0.262 e. The third-order valence-corrected chi connectivity index (χ3v) is 6.63. The molecule has 0 spiro atoms. The van der Waals surface area contributed by atoms with Crippen LogP contribution < -0.4 is 10.1 Å². The summed E-state index contributed by atoms with van der Waals surface area (Å²) >= 11 is 0. The molecule has 1 aliphatic heterocycles. The number of nitrogens with zero attached hydrogens (tertiary/aromatic N) is 1. The Hall–Kier alpha value is -2.71. The number of hydrogen-bond donors (Lipinski definition) is 1. The molecule has 2 aromatic carbocycles. The van der Waals surface area contributed by atoms with E-state index < -0.39 is 15.9 Å². The number of anilines is 1. The monoisotopic (exact) mass is 416 g/mol. The number of sulfonamides is 1. The second kappa shape index (κ2) is 9.19. The molecule has 0 aromatic heterocycles. The molecule has 1 N–H and O–H groups in total. The van der Waals surface area contributed by atoms with Crippen molar-refractivity contribution in [2.45, 2.75) is 31.1 Å². The van der Waals surface area contributed by atoms with Crippen LogP contribution in [-0.2, 0) is 14.8 Å². The number of carbonyl (C=O) groups excluding carboxylic acids is 2. The van der Waals surface area contributed by atoms with Gasteiger partial charge in [0.1, 0.15) is 5.75 Å². The van der Waals surface area contributed by atoms with Crippen LogP contribution in [0.1, 0.15) is 36.5 Å². The lowest BCUT2D eigenvalue weighted by atomic mass is 10.1. The van der Waals surface area contributed by atoms with Crippen molar-refractivity contribution >= 4 is 27.4 Å². The third-order valence-electron chi connectivity index (χ3n) is 4.72. The van der Waals surface area contributed by atoms with Gasteiger partial charge in [0.2, 0.25) is 10.0 Å². The maximum Gasteiger partial charge on any atom is 0.262 e. The number of Topliss-reactive ketones (excluding diaryl/α,β-unsaturated/α-hetero) is 1. The molecular formula is C21H24N2O5S. The highest BCUT2D eigenvalue weighted by Gasteiger charge is 2.25. The quantitative estimate of drug-likeness (QED) is 0.700. The average molecular weight is 416 g/mol. The molecule has 0 bridgehead atoms. The number of ether oxygens (including phenoxy) is 1. The molecule has 7 nitrogen and oxygen atoms in total. The SMILES string of the molecule is CC(=O)c1ccccc1OCC(=O)Nc1ccc(S(=O)(=O)N2CCCCC2)cc1. The van der Waals surface area contributed by atoms with Crippen molar-refractivity contribution < 1.29 is 22.7 Å². The standard InChI is InChI=1S/C21H24N2O5S/c1-16(24)19-7-3-4-8-20(19)28-15-21(25)22-17-9-11-18(12-10-17)29(26,27)23-13-5-2-6-14-23/h3-4,7-12H,2,5-6,13-15H2,1H3,(H,22,25). The van der Waals surface area contributed by atoms with Crippen LogP contribution in [0.4, 0.5) is 5.69 Å². The molecule has 2 aromatic rings. The van der Waals surface area contributed by atoms with Crippen LogP contribution >= 0.6 is 0 Å². The van der Waals surface area contributed by atoms with E-state index in [2.05, 4.69) is 5.32 Å². The molecule has 1 aliphatic rings. The van der Waals surface area contributed by atoms with Crippen LogP contribution in [0.15, 0.2) is 53.4 Å². The van der Waals surface area contributed by atoms with Crippen molar-refractivity contribution in [1.82, 2.24) is 4.31 Å². The summed E-state index contributed by atoms with van der Waals surface area (Å²) in [5, 5.41) is 2.66. The van der Waals surface area contributed by atoms with Gasteiger partial charge in [0, 0.05) is 18.8 Å². The van der Waals surface area contributed by atoms with Crippen LogP contribution in [0.5, 0.6) is 5.75 Å². The normalized spacial score (nSPS) is 14.9. The molecule has 0 radical (unpaired) electrons. The van der Waals surface area contributed by atoms with Gasteiger partial charge < -0.3 is 10.1 Å². The third kappa shape index (κ3) is 5.21. The van der Waals surface area contributed by atoms with Gasteiger partial charge in [-0.1, -0.05) is 18.6 Å². The molecule has 0 aliphatic carbocycles. The van der Waals surface area contributed by atoms with Gasteiger partial charge in [-0.05, 0) is 56.2 Å². The number of amides is 1. The number of benzene rings is 2. The lowest BCUT2D eigenvalue weighted by Crippen LogP contribution is -2.35. The average Bonchev–Trinajstić information content (AvgIpc) is 2.73. The zero-order chi connectivity index (χ0) is 20.9. The molecule has 1 heterocycles. The van der Waals surface area contributed by atoms with Crippen molar-refractivity contribution in [3.8, 4) is 5.75 Å². The summed E-state index contributed by atoms with van der Waals surface area (Å²) in [6.45, 7) is 2.25. The van der Waals surface area contributed by atoms with Crippen LogP contribution in [-0.4, -0.2) is 44.1 Å². The molecular weight excluding hydrogens is 392 g/mol. The molecule has 1 fully saturated rings. The molecule has 3 rings (SSSR count). The Balaban J connectivity index is 1.60. The number of nitrogens with one attached hydrogen (secondary N) is 1. The molecule has 29 heavy (non-hydrogen) atoms. The summed E-state index contributed by atoms with van der Waals surface area (Å²) in [5.74, 6) is -0.209. The predicted molar refractivity (Wildman–Crippen MR) is 110 cm³/mol. The molecule has 1 saturated heterocycles. The van der Waals surface area contributed by atoms with Gasteiger partial charge >= 0.3 is 0 Å². The van der Waals surface area contributed by atoms with Gasteiger partial charge in [-0.15, -0.1) is 0 Å². The van der Waals surface area contributed by atoms with Crippen molar-refractivity contribution in [3.63, 3.8) is 0 Å². The van der Waals surface area contributed by atoms with E-state index >= 15 is 0 Å². The Morgan fingerprint density at radius 2 is 1.66 bits per heavy atom. The van der Waals surface area contributed by atoms with Gasteiger partial charge in [0.05, 0.1) is 10.5 Å². The summed E-state index contributed by atoms with van der Waals surface area (Å²) in [7, 11) is -3.50. The predicted octanol–water partition coefficient (Wildman–Crippen LogP) is 3.08. The number of rotatable bonds is 7. The van der Waals surface area contributed by atoms with Crippen molar-refractivity contribution in [1.29, 1.82) is 0 Å². The highest BCUT2D eigenvalue weighted by atomic mass is 32.2. The molecule has 154 valence electrons. The van der Waals surface area contributed by atoms with E-state index in [0.29, 0.717) is 30.1 Å². The summed E-state index contributed by atoms with van der Waals surface area (Å²) in [4.78, 5) is 24.0. The molecule has 1 amide bonds. The number of piperidine rings is 1. The Bertz CT molecular complexity index is 980. The fourth-order valence-electron chi connectivity index (χ4n) is 3.19. The Morgan fingerprint density at radius 3 is 2.31 bits per heavy atom. The highest BCUT2D eigenvalue weighted by Crippen LogP contribution is 2.22. The Kier molecular flexibility index (Phi) is 6.66. The molecule has 0 unspecified atom stereocenters. The van der Waals surface area contributed by atoms with Gasteiger partial charge in [0.25, 0.3) is 5.91 Å². The van der Waals surface area contributed by atoms with Gasteiger partial charge in [0.15, 0.2) is 12.4 Å². The maximum atomic E-state index is 12.7. The van der Waals surface area contributed by atoms with Crippen molar-refractivity contribution in [2.24, 2.45) is 0 Å². The molecule has 8 heteroatoms. The van der Waals surface area contributed by atoms with Crippen LogP contribution in [0, 0.1) is 0 Å². The molecule has 0 saturated carbocycles. The summed E-state index contributed by atoms with van der Waals surface area (Å²) in [6.07, 6.45) is 2.80. The fourth-order valence-corrected chi connectivity index (χ4v) is 4.71. The van der Waals surface area contributed by atoms with Crippen molar-refractivity contribution in [3.05, 3.63) is 54.1 Å². The molecule has 0 atom stereocenters. The van der Waals surface area contributed by atoms with E-state index in [1.54, 1.807) is 36.4 Å². The van der Waals surface area contributed by atoms with E-state index in [9.17, 15) is 18.0 Å². The summed E-state index contributed by atoms with van der Waals surface area (Å²) < 4.78 is 32.3. The van der Waals surface area contributed by atoms with Crippen LogP contribution in [0.25, 0.3) is 0 Å². The second-order valence-corrected chi connectivity index (χ2v) is 8.82. The minimum atomic E-state index is -3.50. The lowest BCUT2D eigenvalue weighted by Gasteiger charge is -2.25. The Morgan fingerprint density at radius 1 is 1.00 bits per heavy atom. The largest absolute Gasteiger partial charge is 0.483 e. The minimum Gasteiger partial charge on any atom is -0.483 e. The van der Waals surface area contributed by atoms with E-state index in [1.807, 2.05) is 0 Å². The first-order valence-corrected chi connectivity index (χ1v) is 10.9. The van der Waals surface area contributed by atoms with Gasteiger partial charge in [-0.3, -0.25) is 9.59 Å². The van der Waals surface area contributed by atoms with Gasteiger partial charge in [-0.25, -0.2) is 8.42 Å². The first-order chi connectivity index (χ1) is 13.9. The van der Waals surface area contributed by atoms with Crippen LogP contribution in [0.2, 0.25) is 0 Å². The van der Waals surface area contributed by atoms with E-state index in [1.165, 1.54) is 23.4 Å². The number of ketones is 1. The number of hydrogen-bond acceptors (Lipinski definition) is 5. The second-order valence-electron chi connectivity index (χ2n) is 6.88. The summed E-state index contributed by atoms with van der Waals surface area (Å²) in [5.41, 5.74) is 0.878. The first kappa shape index (κ1) is 21.0. The topological polar surface area (TPSA) is 92.8 Å². The minimum absolute atomic E-state index is 0.147. The van der Waals surface area contributed by atoms with Gasteiger partial charge in [-0.2, -0.15) is 4.31 Å². The number of para-hydroxylation sites is 1.